The highest BCUT2D eigenvalue weighted by atomic mass is 35.5. The molecule has 2 aromatic rings. The summed E-state index contributed by atoms with van der Waals surface area (Å²) < 4.78 is 5.61. The summed E-state index contributed by atoms with van der Waals surface area (Å²) in [6, 6.07) is 8.45. The summed E-state index contributed by atoms with van der Waals surface area (Å²) in [7, 11) is 4.21. The molecule has 0 saturated heterocycles. The standard InChI is InChI=1S/C17H25ClN2O/c1-12(2)9-13(11-20(3)4)19-10-15-14-7-5-6-8-16(14)21-17(15)18/h5-8,12-13,19H,9-11H2,1-4H3. The van der Waals surface area contributed by atoms with Gasteiger partial charge in [-0.25, -0.2) is 0 Å². The Morgan fingerprint density at radius 3 is 2.62 bits per heavy atom. The molecule has 0 bridgehead atoms. The van der Waals surface area contributed by atoms with Crippen molar-refractivity contribution in [3.05, 3.63) is 35.0 Å². The molecule has 1 atom stereocenters. The maximum absolute atomic E-state index is 6.25. The Morgan fingerprint density at radius 2 is 1.95 bits per heavy atom. The van der Waals surface area contributed by atoms with Crippen molar-refractivity contribution in [3.63, 3.8) is 0 Å². The predicted octanol–water partition coefficient (Wildman–Crippen LogP) is 4.15. The molecule has 0 fully saturated rings. The minimum Gasteiger partial charge on any atom is -0.444 e. The molecule has 1 unspecified atom stereocenters. The van der Waals surface area contributed by atoms with Crippen molar-refractivity contribution in [3.8, 4) is 0 Å². The molecular formula is C17H25ClN2O. The Labute approximate surface area is 132 Å². The summed E-state index contributed by atoms with van der Waals surface area (Å²) in [5, 5.41) is 5.23. The van der Waals surface area contributed by atoms with E-state index in [1.807, 2.05) is 18.2 Å². The van der Waals surface area contributed by atoms with Crippen LogP contribution in [0.25, 0.3) is 11.0 Å². The first-order valence-electron chi connectivity index (χ1n) is 7.51. The molecule has 1 N–H and O–H groups in total. The minimum atomic E-state index is 0.449. The van der Waals surface area contributed by atoms with Crippen molar-refractivity contribution >= 4 is 22.6 Å². The van der Waals surface area contributed by atoms with Crippen LogP contribution in [-0.2, 0) is 6.54 Å². The lowest BCUT2D eigenvalue weighted by atomic mass is 10.0. The van der Waals surface area contributed by atoms with Gasteiger partial charge in [-0.2, -0.15) is 0 Å². The number of likely N-dealkylation sites (N-methyl/N-ethyl adjacent to an activating group) is 1. The highest BCUT2D eigenvalue weighted by Crippen LogP contribution is 2.29. The normalized spacial score (nSPS) is 13.5. The fourth-order valence-electron chi connectivity index (χ4n) is 2.71. The lowest BCUT2D eigenvalue weighted by Gasteiger charge is -2.24. The van der Waals surface area contributed by atoms with E-state index in [0.717, 1.165) is 36.0 Å². The average molecular weight is 309 g/mol. The van der Waals surface area contributed by atoms with E-state index in [4.69, 9.17) is 16.0 Å². The van der Waals surface area contributed by atoms with Crippen LogP contribution in [0.15, 0.2) is 28.7 Å². The molecule has 4 heteroatoms. The van der Waals surface area contributed by atoms with Crippen molar-refractivity contribution in [2.24, 2.45) is 5.92 Å². The van der Waals surface area contributed by atoms with Crippen LogP contribution in [0.2, 0.25) is 5.22 Å². The van der Waals surface area contributed by atoms with Gasteiger partial charge in [-0.05, 0) is 44.1 Å². The number of halogens is 1. The molecule has 0 aliphatic carbocycles. The number of furan rings is 1. The van der Waals surface area contributed by atoms with Gasteiger partial charge >= 0.3 is 0 Å². The van der Waals surface area contributed by atoms with E-state index in [0.29, 0.717) is 17.2 Å². The predicted molar refractivity (Wildman–Crippen MR) is 89.9 cm³/mol. The summed E-state index contributed by atoms with van der Waals surface area (Å²) in [5.41, 5.74) is 1.91. The monoisotopic (exact) mass is 308 g/mol. The Morgan fingerprint density at radius 1 is 1.24 bits per heavy atom. The Bertz CT molecular complexity index is 567. The van der Waals surface area contributed by atoms with Gasteiger partial charge in [0, 0.05) is 30.1 Å². The van der Waals surface area contributed by atoms with Gasteiger partial charge in [0.05, 0.1) is 0 Å². The maximum Gasteiger partial charge on any atom is 0.199 e. The molecule has 3 nitrogen and oxygen atoms in total. The van der Waals surface area contributed by atoms with E-state index in [1.54, 1.807) is 0 Å². The van der Waals surface area contributed by atoms with Crippen LogP contribution >= 0.6 is 11.6 Å². The van der Waals surface area contributed by atoms with Gasteiger partial charge in [0.15, 0.2) is 5.22 Å². The fraction of sp³-hybridized carbons (Fsp3) is 0.529. The molecule has 0 radical (unpaired) electrons. The van der Waals surface area contributed by atoms with Crippen molar-refractivity contribution < 1.29 is 4.42 Å². The summed E-state index contributed by atoms with van der Waals surface area (Å²) in [4.78, 5) is 2.22. The number of nitrogens with zero attached hydrogens (tertiary/aromatic N) is 1. The summed E-state index contributed by atoms with van der Waals surface area (Å²) in [5.74, 6) is 0.666. The minimum absolute atomic E-state index is 0.449. The average Bonchev–Trinajstić information content (AvgIpc) is 2.70. The second-order valence-electron chi connectivity index (χ2n) is 6.32. The smallest absolute Gasteiger partial charge is 0.199 e. The lowest BCUT2D eigenvalue weighted by molar-refractivity contribution is 0.305. The van der Waals surface area contributed by atoms with Crippen LogP contribution in [0.4, 0.5) is 0 Å². The molecular weight excluding hydrogens is 284 g/mol. The van der Waals surface area contributed by atoms with E-state index < -0.39 is 0 Å². The zero-order valence-corrected chi connectivity index (χ0v) is 14.1. The largest absolute Gasteiger partial charge is 0.444 e. The molecule has 1 aromatic heterocycles. The molecule has 1 heterocycles. The Balaban J connectivity index is 2.09. The maximum atomic E-state index is 6.25. The number of nitrogens with one attached hydrogen (secondary N) is 1. The van der Waals surface area contributed by atoms with Crippen molar-refractivity contribution in [2.75, 3.05) is 20.6 Å². The van der Waals surface area contributed by atoms with Crippen LogP contribution in [0.1, 0.15) is 25.8 Å². The molecule has 0 saturated carbocycles. The first-order valence-corrected chi connectivity index (χ1v) is 7.89. The zero-order chi connectivity index (χ0) is 15.4. The number of hydrogen-bond donors (Lipinski definition) is 1. The second kappa shape index (κ2) is 7.30. The lowest BCUT2D eigenvalue weighted by Crippen LogP contribution is -2.38. The molecule has 0 spiro atoms. The third-order valence-corrected chi connectivity index (χ3v) is 3.86. The summed E-state index contributed by atoms with van der Waals surface area (Å²) in [6.07, 6.45) is 1.14. The third kappa shape index (κ3) is 4.47. The number of para-hydroxylation sites is 1. The second-order valence-corrected chi connectivity index (χ2v) is 6.66. The quantitative estimate of drug-likeness (QED) is 0.833. The van der Waals surface area contributed by atoms with E-state index in [1.165, 1.54) is 0 Å². The molecule has 2 rings (SSSR count). The molecule has 1 aromatic carbocycles. The van der Waals surface area contributed by atoms with Crippen molar-refractivity contribution in [1.82, 2.24) is 10.2 Å². The topological polar surface area (TPSA) is 28.4 Å². The van der Waals surface area contributed by atoms with Crippen molar-refractivity contribution in [2.45, 2.75) is 32.9 Å². The molecule has 0 aliphatic heterocycles. The highest BCUT2D eigenvalue weighted by molar-refractivity contribution is 6.30. The van der Waals surface area contributed by atoms with E-state index >= 15 is 0 Å². The number of fused-ring (bicyclic) bond motifs is 1. The van der Waals surface area contributed by atoms with E-state index in [-0.39, 0.29) is 0 Å². The molecule has 21 heavy (non-hydrogen) atoms. The SMILES string of the molecule is CC(C)CC(CN(C)C)NCc1c(Cl)oc2ccccc12. The first kappa shape index (κ1) is 16.3. The van der Waals surface area contributed by atoms with Gasteiger partial charge < -0.3 is 14.6 Å². The summed E-state index contributed by atoms with van der Waals surface area (Å²) >= 11 is 6.25. The van der Waals surface area contributed by atoms with Gasteiger partial charge in [-0.3, -0.25) is 0 Å². The van der Waals surface area contributed by atoms with Gasteiger partial charge in [-0.1, -0.05) is 32.0 Å². The van der Waals surface area contributed by atoms with Gasteiger partial charge in [0.2, 0.25) is 0 Å². The van der Waals surface area contributed by atoms with Gasteiger partial charge in [0.1, 0.15) is 5.58 Å². The number of hydrogen-bond acceptors (Lipinski definition) is 3. The van der Waals surface area contributed by atoms with Gasteiger partial charge in [0.25, 0.3) is 0 Å². The first-order chi connectivity index (χ1) is 9.97. The van der Waals surface area contributed by atoms with Crippen molar-refractivity contribution in [1.29, 1.82) is 0 Å². The Hall–Kier alpha value is -1.03. The Kier molecular flexibility index (Phi) is 5.68. The fourth-order valence-corrected chi connectivity index (χ4v) is 2.96. The van der Waals surface area contributed by atoms with E-state index in [9.17, 15) is 0 Å². The third-order valence-electron chi connectivity index (χ3n) is 3.56. The number of rotatable bonds is 7. The van der Waals surface area contributed by atoms with Gasteiger partial charge in [-0.15, -0.1) is 0 Å². The zero-order valence-electron chi connectivity index (χ0n) is 13.3. The van der Waals surface area contributed by atoms with Crippen LogP contribution in [0, 0.1) is 5.92 Å². The van der Waals surface area contributed by atoms with Crippen LogP contribution in [0.3, 0.4) is 0 Å². The molecule has 116 valence electrons. The highest BCUT2D eigenvalue weighted by Gasteiger charge is 2.16. The van der Waals surface area contributed by atoms with E-state index in [2.05, 4.69) is 44.2 Å². The number of benzene rings is 1. The van der Waals surface area contributed by atoms with Crippen LogP contribution in [-0.4, -0.2) is 31.6 Å². The molecule has 0 amide bonds. The summed E-state index contributed by atoms with van der Waals surface area (Å²) in [6.45, 7) is 6.27. The molecule has 0 aliphatic rings. The van der Waals surface area contributed by atoms with Crippen LogP contribution in [0.5, 0.6) is 0 Å². The van der Waals surface area contributed by atoms with Crippen LogP contribution < -0.4 is 5.32 Å².